The number of halogens is 2. The Morgan fingerprint density at radius 2 is 2.03 bits per heavy atom. The first-order valence-corrected chi connectivity index (χ1v) is 12.1. The molecule has 3 atom stereocenters. The number of amides is 1. The summed E-state index contributed by atoms with van der Waals surface area (Å²) in [4.78, 5) is 17.4. The molecule has 8 heteroatoms. The monoisotopic (exact) mass is 484 g/mol. The standard InChI is InChI=1S/C27H30F2N2O4/c1-5-27(28,29)35-18-8-10-20-21(14-18)30-13-12-22(20)33-19-9-11-23-25(3,15-19)34-16(2)26(23,4)24(32)31-17-6-7-17/h8-14,16-17H,5-7,15H2,1-4H3,(H,31,32). The van der Waals surface area contributed by atoms with Crippen LogP contribution in [0, 0.1) is 5.41 Å². The topological polar surface area (TPSA) is 69.7 Å². The van der Waals surface area contributed by atoms with Crippen molar-refractivity contribution in [3.8, 4) is 11.5 Å². The fourth-order valence-electron chi connectivity index (χ4n) is 4.97. The number of hydrogen-bond donors (Lipinski definition) is 1. The molecule has 1 amide bonds. The largest absolute Gasteiger partial charge is 0.461 e. The number of ether oxygens (including phenoxy) is 3. The zero-order valence-corrected chi connectivity index (χ0v) is 20.4. The second-order valence-electron chi connectivity index (χ2n) is 10.0. The number of alkyl halides is 2. The van der Waals surface area contributed by atoms with E-state index >= 15 is 0 Å². The van der Waals surface area contributed by atoms with Gasteiger partial charge >= 0.3 is 6.11 Å². The number of fused-ring (bicyclic) bond motifs is 2. The Morgan fingerprint density at radius 1 is 1.26 bits per heavy atom. The molecule has 1 aromatic carbocycles. The van der Waals surface area contributed by atoms with Crippen molar-refractivity contribution in [3.63, 3.8) is 0 Å². The third kappa shape index (κ3) is 4.29. The van der Waals surface area contributed by atoms with Crippen molar-refractivity contribution < 1.29 is 27.8 Å². The highest BCUT2D eigenvalue weighted by atomic mass is 19.3. The molecule has 1 saturated carbocycles. The van der Waals surface area contributed by atoms with E-state index in [0.29, 0.717) is 28.8 Å². The Bertz CT molecular complexity index is 1240. The van der Waals surface area contributed by atoms with Crippen molar-refractivity contribution in [2.24, 2.45) is 5.41 Å². The second-order valence-corrected chi connectivity index (χ2v) is 10.0. The molecule has 186 valence electrons. The lowest BCUT2D eigenvalue weighted by molar-refractivity contribution is -0.177. The van der Waals surface area contributed by atoms with Crippen LogP contribution in [-0.4, -0.2) is 34.7 Å². The van der Waals surface area contributed by atoms with Gasteiger partial charge in [-0.15, -0.1) is 0 Å². The Hall–Kier alpha value is -3.00. The van der Waals surface area contributed by atoms with E-state index in [0.717, 1.165) is 18.4 Å². The molecule has 0 radical (unpaired) electrons. The first-order chi connectivity index (χ1) is 16.5. The molecule has 2 aliphatic carbocycles. The SMILES string of the molecule is CCC(F)(F)Oc1ccc2c(OC3=CC=C4C(C)(C3)OC(C)C4(C)C(=O)NC3CC3)ccnc2c1. The van der Waals surface area contributed by atoms with Crippen LogP contribution >= 0.6 is 0 Å². The van der Waals surface area contributed by atoms with Gasteiger partial charge in [0.15, 0.2) is 0 Å². The van der Waals surface area contributed by atoms with E-state index in [1.807, 2.05) is 32.9 Å². The molecule has 3 aliphatic rings. The maximum absolute atomic E-state index is 13.7. The summed E-state index contributed by atoms with van der Waals surface area (Å²) in [5.41, 5.74) is 0.0102. The third-order valence-electron chi connectivity index (χ3n) is 7.30. The van der Waals surface area contributed by atoms with Gasteiger partial charge in [-0.25, -0.2) is 0 Å². The molecular formula is C27H30F2N2O4. The zero-order valence-electron chi connectivity index (χ0n) is 20.4. The highest BCUT2D eigenvalue weighted by molar-refractivity contribution is 5.88. The van der Waals surface area contributed by atoms with Gasteiger partial charge in [-0.2, -0.15) is 8.78 Å². The average molecular weight is 485 g/mol. The van der Waals surface area contributed by atoms with Crippen LogP contribution in [0.3, 0.4) is 0 Å². The van der Waals surface area contributed by atoms with Gasteiger partial charge in [0.25, 0.3) is 0 Å². The van der Waals surface area contributed by atoms with E-state index in [9.17, 15) is 13.6 Å². The molecule has 3 unspecified atom stereocenters. The molecule has 6 nitrogen and oxygen atoms in total. The number of nitrogens with one attached hydrogen (secondary N) is 1. The van der Waals surface area contributed by atoms with Crippen LogP contribution in [0.1, 0.15) is 53.4 Å². The molecule has 1 aliphatic heterocycles. The first-order valence-electron chi connectivity index (χ1n) is 12.1. The maximum atomic E-state index is 13.7. The Kier molecular flexibility index (Phi) is 5.62. The van der Waals surface area contributed by atoms with Crippen molar-refractivity contribution in [2.45, 2.75) is 77.2 Å². The van der Waals surface area contributed by atoms with Gasteiger partial charge in [0.05, 0.1) is 22.6 Å². The van der Waals surface area contributed by atoms with Gasteiger partial charge < -0.3 is 19.5 Å². The quantitative estimate of drug-likeness (QED) is 0.548. The summed E-state index contributed by atoms with van der Waals surface area (Å²) in [5.74, 6) is 1.28. The fourth-order valence-corrected chi connectivity index (χ4v) is 4.97. The van der Waals surface area contributed by atoms with Crippen LogP contribution in [0.5, 0.6) is 11.5 Å². The van der Waals surface area contributed by atoms with Gasteiger partial charge in [0.2, 0.25) is 5.91 Å². The Balaban J connectivity index is 1.40. The van der Waals surface area contributed by atoms with E-state index in [2.05, 4.69) is 10.3 Å². The number of pyridine rings is 1. The summed E-state index contributed by atoms with van der Waals surface area (Å²) in [5, 5.41) is 3.81. The van der Waals surface area contributed by atoms with Crippen LogP contribution in [0.15, 0.2) is 53.9 Å². The van der Waals surface area contributed by atoms with Gasteiger partial charge in [-0.1, -0.05) is 13.0 Å². The minimum atomic E-state index is -3.24. The van der Waals surface area contributed by atoms with E-state index in [1.165, 1.54) is 19.1 Å². The molecule has 5 rings (SSSR count). The minimum absolute atomic E-state index is 0.00652. The summed E-state index contributed by atoms with van der Waals surface area (Å²) in [6.45, 7) is 7.24. The summed E-state index contributed by atoms with van der Waals surface area (Å²) in [6.07, 6.45) is 3.96. The van der Waals surface area contributed by atoms with Gasteiger partial charge in [0.1, 0.15) is 17.3 Å². The number of aromatic nitrogens is 1. The molecular weight excluding hydrogens is 454 g/mol. The maximum Gasteiger partial charge on any atom is 0.397 e. The summed E-state index contributed by atoms with van der Waals surface area (Å²) in [7, 11) is 0. The highest BCUT2D eigenvalue weighted by Crippen LogP contribution is 2.53. The predicted octanol–water partition coefficient (Wildman–Crippen LogP) is 5.67. The predicted molar refractivity (Wildman–Crippen MR) is 127 cm³/mol. The first kappa shape index (κ1) is 23.7. The van der Waals surface area contributed by atoms with Crippen molar-refractivity contribution in [1.82, 2.24) is 10.3 Å². The van der Waals surface area contributed by atoms with E-state index in [1.54, 1.807) is 18.3 Å². The normalized spacial score (nSPS) is 28.2. The number of allylic oxidation sites excluding steroid dienone is 2. The number of benzene rings is 1. The summed E-state index contributed by atoms with van der Waals surface area (Å²) in [6, 6.07) is 6.64. The molecule has 0 bridgehead atoms. The van der Waals surface area contributed by atoms with Crippen LogP contribution in [0.2, 0.25) is 0 Å². The number of nitrogens with zero attached hydrogens (tertiary/aromatic N) is 1. The van der Waals surface area contributed by atoms with Crippen LogP contribution < -0.4 is 14.8 Å². The van der Waals surface area contributed by atoms with E-state index in [-0.39, 0.29) is 23.8 Å². The highest BCUT2D eigenvalue weighted by Gasteiger charge is 2.58. The number of carbonyl (C=O) groups excluding carboxylic acids is 1. The van der Waals surface area contributed by atoms with Gasteiger partial charge in [0, 0.05) is 36.5 Å². The smallest absolute Gasteiger partial charge is 0.397 e. The van der Waals surface area contributed by atoms with Crippen molar-refractivity contribution >= 4 is 16.8 Å². The Labute approximate surface area is 203 Å². The molecule has 1 saturated heterocycles. The van der Waals surface area contributed by atoms with Crippen molar-refractivity contribution in [3.05, 3.63) is 53.9 Å². The fraction of sp³-hybridized carbons (Fsp3) is 0.481. The second kappa shape index (κ2) is 8.29. The third-order valence-corrected chi connectivity index (χ3v) is 7.30. The van der Waals surface area contributed by atoms with Crippen molar-refractivity contribution in [1.29, 1.82) is 0 Å². The van der Waals surface area contributed by atoms with Crippen LogP contribution in [0.25, 0.3) is 10.9 Å². The zero-order chi connectivity index (χ0) is 25.0. The molecule has 2 heterocycles. The average Bonchev–Trinajstić information content (AvgIpc) is 3.58. The number of rotatable bonds is 7. The number of carbonyl (C=O) groups is 1. The minimum Gasteiger partial charge on any atom is -0.461 e. The molecule has 1 N–H and O–H groups in total. The lowest BCUT2D eigenvalue weighted by Crippen LogP contribution is -2.46. The van der Waals surface area contributed by atoms with E-state index in [4.69, 9.17) is 14.2 Å². The van der Waals surface area contributed by atoms with E-state index < -0.39 is 23.5 Å². The number of hydrogen-bond acceptors (Lipinski definition) is 5. The van der Waals surface area contributed by atoms with Crippen LogP contribution in [-0.2, 0) is 9.53 Å². The summed E-state index contributed by atoms with van der Waals surface area (Å²) >= 11 is 0. The van der Waals surface area contributed by atoms with Crippen molar-refractivity contribution in [2.75, 3.05) is 0 Å². The molecule has 2 aromatic rings. The lowest BCUT2D eigenvalue weighted by atomic mass is 9.71. The Morgan fingerprint density at radius 3 is 2.74 bits per heavy atom. The molecule has 0 spiro atoms. The summed E-state index contributed by atoms with van der Waals surface area (Å²) < 4.78 is 44.7. The van der Waals surface area contributed by atoms with Gasteiger partial charge in [-0.05, 0) is 63.5 Å². The van der Waals surface area contributed by atoms with Crippen LogP contribution in [0.4, 0.5) is 8.78 Å². The molecule has 2 fully saturated rings. The van der Waals surface area contributed by atoms with Gasteiger partial charge in [-0.3, -0.25) is 9.78 Å². The molecule has 1 aromatic heterocycles. The molecule has 35 heavy (non-hydrogen) atoms. The lowest BCUT2D eigenvalue weighted by Gasteiger charge is -2.33.